The van der Waals surface area contributed by atoms with Gasteiger partial charge >= 0.3 is 0 Å². The van der Waals surface area contributed by atoms with Crippen LogP contribution in [0.2, 0.25) is 0 Å². The van der Waals surface area contributed by atoms with E-state index in [2.05, 4.69) is 26.8 Å². The van der Waals surface area contributed by atoms with E-state index < -0.39 is 0 Å². The fourth-order valence-electron chi connectivity index (χ4n) is 0.474. The second-order valence-corrected chi connectivity index (χ2v) is 2.16. The van der Waals surface area contributed by atoms with Crippen molar-refractivity contribution >= 4 is 7.98 Å². The Morgan fingerprint density at radius 2 is 2.14 bits per heavy atom. The molecular weight excluding hydrogens is 84.9 g/mol. The van der Waals surface area contributed by atoms with Crippen molar-refractivity contribution < 1.29 is 0 Å². The number of nitrogens with zero attached hydrogens (tertiary/aromatic N) is 1. The smallest absolute Gasteiger partial charge is 0.185 e. The van der Waals surface area contributed by atoms with Crippen LogP contribution in [0.25, 0.3) is 0 Å². The third-order valence-corrected chi connectivity index (χ3v) is 0.959. The first kappa shape index (κ1) is 7.02. The van der Waals surface area contributed by atoms with Crippen LogP contribution in [0, 0.1) is 0 Å². The molecule has 0 fully saturated rings. The molecule has 7 heavy (non-hydrogen) atoms. The van der Waals surface area contributed by atoms with Crippen LogP contribution in [0.3, 0.4) is 0 Å². The first-order valence-corrected chi connectivity index (χ1v) is 2.92. The van der Waals surface area contributed by atoms with Crippen molar-refractivity contribution in [1.82, 2.24) is 4.81 Å². The van der Waals surface area contributed by atoms with Crippen LogP contribution in [0.15, 0.2) is 0 Å². The predicted octanol–water partition coefficient (Wildman–Crippen LogP) is 0.266. The van der Waals surface area contributed by atoms with E-state index in [1.807, 2.05) is 0 Å². The lowest BCUT2D eigenvalue weighted by Crippen LogP contribution is -2.14. The van der Waals surface area contributed by atoms with E-state index in [9.17, 15) is 0 Å². The van der Waals surface area contributed by atoms with Gasteiger partial charge < -0.3 is 4.81 Å². The van der Waals surface area contributed by atoms with Crippen LogP contribution in [-0.4, -0.2) is 26.4 Å². The van der Waals surface area contributed by atoms with Crippen molar-refractivity contribution in [2.24, 2.45) is 0 Å². The van der Waals surface area contributed by atoms with Gasteiger partial charge in [-0.2, -0.15) is 0 Å². The number of unbranched alkanes of at least 4 members (excludes halogenated alkanes) is 1. The van der Waals surface area contributed by atoms with E-state index in [0.29, 0.717) is 0 Å². The van der Waals surface area contributed by atoms with Gasteiger partial charge in [-0.25, -0.2) is 0 Å². The molecule has 2 heteroatoms. The average Bonchev–Trinajstić information content (AvgIpc) is 1.61. The Bertz CT molecular complexity index is 37.1. The molecule has 0 radical (unpaired) electrons. The summed E-state index contributed by atoms with van der Waals surface area (Å²) in [7, 11) is 4.21. The summed E-state index contributed by atoms with van der Waals surface area (Å²) in [6.45, 7) is 3.44. The van der Waals surface area contributed by atoms with Gasteiger partial charge in [0.15, 0.2) is 7.98 Å². The SMILES string of the molecule is BN(C)CCCC. The van der Waals surface area contributed by atoms with Crippen LogP contribution in [0.5, 0.6) is 0 Å². The Balaban J connectivity index is 2.68. The molecule has 0 bridgehead atoms. The van der Waals surface area contributed by atoms with Crippen molar-refractivity contribution in [3.05, 3.63) is 0 Å². The fourth-order valence-corrected chi connectivity index (χ4v) is 0.474. The maximum atomic E-state index is 2.21. The lowest BCUT2D eigenvalue weighted by atomic mass is 10.2. The molecule has 0 amide bonds. The molecular formula is C5H14BN. The molecule has 42 valence electrons. The number of rotatable bonds is 3. The summed E-state index contributed by atoms with van der Waals surface area (Å²) in [6, 6.07) is 0. The molecule has 0 aromatic heterocycles. The van der Waals surface area contributed by atoms with Crippen LogP contribution in [0.4, 0.5) is 0 Å². The van der Waals surface area contributed by atoms with Crippen LogP contribution in [0.1, 0.15) is 19.8 Å². The van der Waals surface area contributed by atoms with Gasteiger partial charge in [0, 0.05) is 0 Å². The minimum Gasteiger partial charge on any atom is -0.351 e. The Morgan fingerprint density at radius 3 is 2.29 bits per heavy atom. The quantitative estimate of drug-likeness (QED) is 0.459. The van der Waals surface area contributed by atoms with Gasteiger partial charge in [-0.15, -0.1) is 0 Å². The molecule has 0 aliphatic rings. The molecule has 1 nitrogen and oxygen atoms in total. The van der Waals surface area contributed by atoms with Gasteiger partial charge in [0.1, 0.15) is 0 Å². The largest absolute Gasteiger partial charge is 0.351 e. The van der Waals surface area contributed by atoms with Gasteiger partial charge in [0.05, 0.1) is 0 Å². The highest BCUT2D eigenvalue weighted by Gasteiger charge is 1.83. The van der Waals surface area contributed by atoms with Crippen molar-refractivity contribution in [3.63, 3.8) is 0 Å². The third kappa shape index (κ3) is 6.02. The number of hydrogen-bond donors (Lipinski definition) is 0. The highest BCUT2D eigenvalue weighted by molar-refractivity contribution is 6.04. The van der Waals surface area contributed by atoms with Gasteiger partial charge in [-0.3, -0.25) is 0 Å². The third-order valence-electron chi connectivity index (χ3n) is 0.959. The van der Waals surface area contributed by atoms with E-state index >= 15 is 0 Å². The van der Waals surface area contributed by atoms with Crippen LogP contribution >= 0.6 is 0 Å². The van der Waals surface area contributed by atoms with Gasteiger partial charge in [0.2, 0.25) is 0 Å². The van der Waals surface area contributed by atoms with Crippen molar-refractivity contribution in [1.29, 1.82) is 0 Å². The summed E-state index contributed by atoms with van der Waals surface area (Å²) in [4.78, 5) is 2.21. The topological polar surface area (TPSA) is 3.24 Å². The zero-order chi connectivity index (χ0) is 5.70. The normalized spacial score (nSPS) is 10.1. The zero-order valence-corrected chi connectivity index (χ0v) is 5.57. The monoisotopic (exact) mass is 99.1 g/mol. The molecule has 0 saturated heterocycles. The molecule has 0 aliphatic carbocycles. The van der Waals surface area contributed by atoms with Gasteiger partial charge in [-0.05, 0) is 20.0 Å². The molecule has 0 aliphatic heterocycles. The minimum atomic E-state index is 1.23. The van der Waals surface area contributed by atoms with E-state index in [4.69, 9.17) is 0 Å². The maximum absolute atomic E-state index is 2.21. The molecule has 0 saturated carbocycles. The predicted molar refractivity (Wildman–Crippen MR) is 36.1 cm³/mol. The Kier molecular flexibility index (Phi) is 4.21. The Morgan fingerprint density at radius 1 is 1.57 bits per heavy atom. The lowest BCUT2D eigenvalue weighted by molar-refractivity contribution is 0.520. The highest BCUT2D eigenvalue weighted by atomic mass is 15.0. The Labute approximate surface area is 47.1 Å². The highest BCUT2D eigenvalue weighted by Crippen LogP contribution is 1.85. The van der Waals surface area contributed by atoms with Crippen molar-refractivity contribution in [2.75, 3.05) is 13.6 Å². The van der Waals surface area contributed by atoms with Crippen LogP contribution in [-0.2, 0) is 0 Å². The first-order valence-electron chi connectivity index (χ1n) is 2.92. The van der Waals surface area contributed by atoms with Crippen molar-refractivity contribution in [3.8, 4) is 0 Å². The standard InChI is InChI=1S/C5H14BN/c1-3-4-5-7(2)6/h3-6H2,1-2H3. The van der Waals surface area contributed by atoms with E-state index in [0.717, 1.165) is 0 Å². The molecule has 0 rings (SSSR count). The van der Waals surface area contributed by atoms with E-state index in [1.54, 1.807) is 0 Å². The lowest BCUT2D eigenvalue weighted by Gasteiger charge is -2.06. The molecule has 0 heterocycles. The summed E-state index contributed by atoms with van der Waals surface area (Å²) < 4.78 is 0. The zero-order valence-electron chi connectivity index (χ0n) is 5.57. The molecule has 0 N–H and O–H groups in total. The fraction of sp³-hybridized carbons (Fsp3) is 1.00. The average molecular weight is 99.0 g/mol. The minimum absolute atomic E-state index is 1.23. The second-order valence-electron chi connectivity index (χ2n) is 2.16. The van der Waals surface area contributed by atoms with Gasteiger partial charge in [0.25, 0.3) is 0 Å². The summed E-state index contributed by atoms with van der Waals surface area (Å²) in [5, 5.41) is 0. The summed E-state index contributed by atoms with van der Waals surface area (Å²) in [5.74, 6) is 0. The summed E-state index contributed by atoms with van der Waals surface area (Å²) in [6.07, 6.45) is 2.63. The molecule has 0 aromatic carbocycles. The molecule has 0 spiro atoms. The molecule has 0 unspecified atom stereocenters. The van der Waals surface area contributed by atoms with E-state index in [-0.39, 0.29) is 0 Å². The Hall–Kier alpha value is 0.0249. The van der Waals surface area contributed by atoms with Crippen molar-refractivity contribution in [2.45, 2.75) is 19.8 Å². The first-order chi connectivity index (χ1) is 3.27. The van der Waals surface area contributed by atoms with E-state index in [1.165, 1.54) is 19.4 Å². The molecule has 0 aromatic rings. The van der Waals surface area contributed by atoms with Gasteiger partial charge in [-0.1, -0.05) is 13.3 Å². The summed E-state index contributed by atoms with van der Waals surface area (Å²) in [5.41, 5.74) is 0. The maximum Gasteiger partial charge on any atom is 0.185 e. The molecule has 0 atom stereocenters. The summed E-state index contributed by atoms with van der Waals surface area (Å²) >= 11 is 0. The second kappa shape index (κ2) is 4.19. The number of hydrogen-bond acceptors (Lipinski definition) is 1. The van der Waals surface area contributed by atoms with Crippen LogP contribution < -0.4 is 0 Å².